The zero-order valence-electron chi connectivity index (χ0n) is 11.7. The Morgan fingerprint density at radius 1 is 1.29 bits per heavy atom. The molecule has 4 nitrogen and oxygen atoms in total. The standard InChI is InChI=1S/C13H28N2O2/c1-11(2)13-10-15(12(3)9-14-13)5-6-17-8-7-16-4/h11-14H,5-10H2,1-4H3. The lowest BCUT2D eigenvalue weighted by Crippen LogP contribution is -2.57. The summed E-state index contributed by atoms with van der Waals surface area (Å²) < 4.78 is 10.5. The van der Waals surface area contributed by atoms with Gasteiger partial charge in [0, 0.05) is 38.8 Å². The summed E-state index contributed by atoms with van der Waals surface area (Å²) in [7, 11) is 1.70. The van der Waals surface area contributed by atoms with Crippen LogP contribution in [0.15, 0.2) is 0 Å². The molecule has 0 aromatic heterocycles. The summed E-state index contributed by atoms with van der Waals surface area (Å²) in [5, 5.41) is 3.61. The maximum Gasteiger partial charge on any atom is 0.0700 e. The minimum absolute atomic E-state index is 0.607. The van der Waals surface area contributed by atoms with Crippen molar-refractivity contribution in [3.63, 3.8) is 0 Å². The number of hydrogen-bond acceptors (Lipinski definition) is 4. The summed E-state index contributed by atoms with van der Waals surface area (Å²) in [4.78, 5) is 2.52. The van der Waals surface area contributed by atoms with Gasteiger partial charge in [0.05, 0.1) is 19.8 Å². The largest absolute Gasteiger partial charge is 0.382 e. The second kappa shape index (κ2) is 8.03. The lowest BCUT2D eigenvalue weighted by Gasteiger charge is -2.40. The summed E-state index contributed by atoms with van der Waals surface area (Å²) in [6.07, 6.45) is 0. The number of nitrogens with one attached hydrogen (secondary N) is 1. The van der Waals surface area contributed by atoms with Crippen LogP contribution in [0.25, 0.3) is 0 Å². The monoisotopic (exact) mass is 244 g/mol. The van der Waals surface area contributed by atoms with Crippen LogP contribution in [0.2, 0.25) is 0 Å². The van der Waals surface area contributed by atoms with E-state index in [-0.39, 0.29) is 0 Å². The molecule has 1 fully saturated rings. The maximum absolute atomic E-state index is 5.53. The van der Waals surface area contributed by atoms with E-state index in [0.717, 1.165) is 26.2 Å². The Morgan fingerprint density at radius 3 is 2.71 bits per heavy atom. The predicted octanol–water partition coefficient (Wildman–Crippen LogP) is 0.968. The minimum atomic E-state index is 0.607. The zero-order valence-corrected chi connectivity index (χ0v) is 11.7. The lowest BCUT2D eigenvalue weighted by molar-refractivity contribution is 0.0389. The van der Waals surface area contributed by atoms with E-state index < -0.39 is 0 Å². The molecule has 1 aliphatic heterocycles. The van der Waals surface area contributed by atoms with Crippen molar-refractivity contribution in [2.75, 3.05) is 46.6 Å². The fraction of sp³-hybridized carbons (Fsp3) is 1.00. The van der Waals surface area contributed by atoms with Gasteiger partial charge >= 0.3 is 0 Å². The molecule has 0 aliphatic carbocycles. The van der Waals surface area contributed by atoms with Crippen LogP contribution >= 0.6 is 0 Å². The topological polar surface area (TPSA) is 33.7 Å². The van der Waals surface area contributed by atoms with Gasteiger partial charge in [-0.05, 0) is 12.8 Å². The summed E-state index contributed by atoms with van der Waals surface area (Å²) in [6.45, 7) is 12.3. The molecule has 0 spiro atoms. The Balaban J connectivity index is 2.20. The van der Waals surface area contributed by atoms with E-state index in [1.807, 2.05) is 0 Å². The van der Waals surface area contributed by atoms with Crippen molar-refractivity contribution >= 4 is 0 Å². The zero-order chi connectivity index (χ0) is 12.7. The molecule has 17 heavy (non-hydrogen) atoms. The van der Waals surface area contributed by atoms with E-state index in [9.17, 15) is 0 Å². The highest BCUT2D eigenvalue weighted by molar-refractivity contribution is 4.85. The quantitative estimate of drug-likeness (QED) is 0.677. The molecule has 1 aliphatic rings. The fourth-order valence-electron chi connectivity index (χ4n) is 2.13. The van der Waals surface area contributed by atoms with Crippen molar-refractivity contribution in [2.45, 2.75) is 32.9 Å². The van der Waals surface area contributed by atoms with Gasteiger partial charge in [-0.25, -0.2) is 0 Å². The molecule has 1 saturated heterocycles. The highest BCUT2D eigenvalue weighted by atomic mass is 16.5. The van der Waals surface area contributed by atoms with Crippen molar-refractivity contribution in [3.8, 4) is 0 Å². The van der Waals surface area contributed by atoms with Gasteiger partial charge in [-0.2, -0.15) is 0 Å². The summed E-state index contributed by atoms with van der Waals surface area (Å²) in [5.41, 5.74) is 0. The van der Waals surface area contributed by atoms with Crippen LogP contribution in [0.3, 0.4) is 0 Å². The smallest absolute Gasteiger partial charge is 0.0700 e. The normalized spacial score (nSPS) is 26.6. The molecule has 2 unspecified atom stereocenters. The summed E-state index contributed by atoms with van der Waals surface area (Å²) in [6, 6.07) is 1.22. The molecule has 0 amide bonds. The Hall–Kier alpha value is -0.160. The average molecular weight is 244 g/mol. The first-order valence-electron chi connectivity index (χ1n) is 6.69. The average Bonchev–Trinajstić information content (AvgIpc) is 2.30. The molecule has 0 aromatic rings. The number of nitrogens with zero attached hydrogens (tertiary/aromatic N) is 1. The number of hydrogen-bond donors (Lipinski definition) is 1. The lowest BCUT2D eigenvalue weighted by atomic mass is 10.00. The highest BCUT2D eigenvalue weighted by Crippen LogP contribution is 2.12. The van der Waals surface area contributed by atoms with Gasteiger partial charge in [-0.15, -0.1) is 0 Å². The molecule has 0 saturated carbocycles. The van der Waals surface area contributed by atoms with Crippen LogP contribution in [0.4, 0.5) is 0 Å². The molecule has 4 heteroatoms. The second-order valence-corrected chi connectivity index (χ2v) is 5.21. The molecule has 0 bridgehead atoms. The third kappa shape index (κ3) is 5.34. The number of piperazine rings is 1. The Bertz CT molecular complexity index is 200. The van der Waals surface area contributed by atoms with Crippen molar-refractivity contribution < 1.29 is 9.47 Å². The first kappa shape index (κ1) is 14.9. The van der Waals surface area contributed by atoms with Gasteiger partial charge in [0.15, 0.2) is 0 Å². The Kier molecular flexibility index (Phi) is 7.04. The van der Waals surface area contributed by atoms with Crippen molar-refractivity contribution in [3.05, 3.63) is 0 Å². The van der Waals surface area contributed by atoms with E-state index in [2.05, 4.69) is 31.0 Å². The minimum Gasteiger partial charge on any atom is -0.382 e. The van der Waals surface area contributed by atoms with Crippen LogP contribution in [-0.2, 0) is 9.47 Å². The summed E-state index contributed by atoms with van der Waals surface area (Å²) >= 11 is 0. The Morgan fingerprint density at radius 2 is 2.06 bits per heavy atom. The van der Waals surface area contributed by atoms with Crippen LogP contribution < -0.4 is 5.32 Å². The second-order valence-electron chi connectivity index (χ2n) is 5.21. The molecule has 1 N–H and O–H groups in total. The highest BCUT2D eigenvalue weighted by Gasteiger charge is 2.26. The van der Waals surface area contributed by atoms with Crippen LogP contribution in [0.5, 0.6) is 0 Å². The van der Waals surface area contributed by atoms with Gasteiger partial charge in [0.2, 0.25) is 0 Å². The fourth-order valence-corrected chi connectivity index (χ4v) is 2.13. The maximum atomic E-state index is 5.53. The van der Waals surface area contributed by atoms with E-state index >= 15 is 0 Å². The van der Waals surface area contributed by atoms with Crippen LogP contribution in [0, 0.1) is 5.92 Å². The van der Waals surface area contributed by atoms with Gasteiger partial charge in [0.1, 0.15) is 0 Å². The van der Waals surface area contributed by atoms with Gasteiger partial charge in [-0.3, -0.25) is 4.90 Å². The van der Waals surface area contributed by atoms with E-state index in [0.29, 0.717) is 31.2 Å². The van der Waals surface area contributed by atoms with Crippen LogP contribution in [0.1, 0.15) is 20.8 Å². The van der Waals surface area contributed by atoms with Crippen molar-refractivity contribution in [1.82, 2.24) is 10.2 Å². The molecular weight excluding hydrogens is 216 g/mol. The first-order valence-corrected chi connectivity index (χ1v) is 6.69. The van der Waals surface area contributed by atoms with E-state index in [1.54, 1.807) is 7.11 Å². The number of ether oxygens (including phenoxy) is 2. The third-order valence-electron chi connectivity index (χ3n) is 3.49. The van der Waals surface area contributed by atoms with Crippen LogP contribution in [-0.4, -0.2) is 63.5 Å². The van der Waals surface area contributed by atoms with Crippen molar-refractivity contribution in [2.24, 2.45) is 5.92 Å². The third-order valence-corrected chi connectivity index (χ3v) is 3.49. The Labute approximate surface area is 106 Å². The van der Waals surface area contributed by atoms with E-state index in [4.69, 9.17) is 9.47 Å². The first-order chi connectivity index (χ1) is 8.15. The van der Waals surface area contributed by atoms with Gasteiger partial charge in [-0.1, -0.05) is 13.8 Å². The summed E-state index contributed by atoms with van der Waals surface area (Å²) in [5.74, 6) is 0.694. The molecule has 1 heterocycles. The molecule has 0 radical (unpaired) electrons. The molecule has 1 rings (SSSR count). The number of methoxy groups -OCH3 is 1. The molecule has 0 aromatic carbocycles. The van der Waals surface area contributed by atoms with Gasteiger partial charge in [0.25, 0.3) is 0 Å². The van der Waals surface area contributed by atoms with Crippen molar-refractivity contribution in [1.29, 1.82) is 0 Å². The van der Waals surface area contributed by atoms with E-state index in [1.165, 1.54) is 0 Å². The molecular formula is C13H28N2O2. The molecule has 102 valence electrons. The molecule has 2 atom stereocenters. The number of rotatable bonds is 7. The SMILES string of the molecule is COCCOCCN1CC(C(C)C)NCC1C. The van der Waals surface area contributed by atoms with Gasteiger partial charge < -0.3 is 14.8 Å². The predicted molar refractivity (Wildman–Crippen MR) is 70.4 cm³/mol.